The number of halogens is 1. The summed E-state index contributed by atoms with van der Waals surface area (Å²) in [6.07, 6.45) is 0. The quantitative estimate of drug-likeness (QED) is 0.879. The summed E-state index contributed by atoms with van der Waals surface area (Å²) in [5.41, 5.74) is 2.35. The molecule has 0 spiro atoms. The molecule has 20 heavy (non-hydrogen) atoms. The average molecular weight is 292 g/mol. The Morgan fingerprint density at radius 3 is 2.35 bits per heavy atom. The second-order valence-electron chi connectivity index (χ2n) is 4.24. The third-order valence-electron chi connectivity index (χ3n) is 2.43. The Hall–Kier alpha value is -2.14. The van der Waals surface area contributed by atoms with E-state index in [1.165, 1.54) is 0 Å². The van der Waals surface area contributed by atoms with Gasteiger partial charge in [-0.15, -0.1) is 11.6 Å². The summed E-state index contributed by atoms with van der Waals surface area (Å²) in [6.45, 7) is 3.76. The van der Waals surface area contributed by atoms with Gasteiger partial charge in [0.2, 0.25) is 5.91 Å². The zero-order valence-corrected chi connectivity index (χ0v) is 11.9. The molecule has 1 heterocycles. The molecule has 0 aliphatic heterocycles. The number of benzene rings is 1. The first-order valence-electron chi connectivity index (χ1n) is 6.03. The number of aryl methyl sites for hydroxylation is 2. The molecular weight excluding hydrogens is 278 g/mol. The van der Waals surface area contributed by atoms with Crippen LogP contribution in [0.15, 0.2) is 30.3 Å². The maximum absolute atomic E-state index is 11.1. The maximum atomic E-state index is 11.1. The number of ether oxygens (including phenoxy) is 1. The van der Waals surface area contributed by atoms with Gasteiger partial charge in [-0.2, -0.15) is 0 Å². The summed E-state index contributed by atoms with van der Waals surface area (Å²) in [5.74, 6) is 0.270. The molecule has 2 rings (SSSR count). The third kappa shape index (κ3) is 3.93. The van der Waals surface area contributed by atoms with Crippen molar-refractivity contribution in [2.75, 3.05) is 11.2 Å². The largest absolute Gasteiger partial charge is 0.424 e. The molecule has 0 aliphatic carbocycles. The van der Waals surface area contributed by atoms with Gasteiger partial charge in [0.15, 0.2) is 0 Å². The maximum Gasteiger partial charge on any atom is 0.322 e. The number of carbonyl (C=O) groups is 1. The standard InChI is InChI=1S/C14H14ClN3O2/c1-9-7-10(2)17-14(16-9)20-12-5-3-11(4-6-12)18-13(19)8-15/h3-7H,8H2,1-2H3,(H,18,19). The van der Waals surface area contributed by atoms with Crippen LogP contribution in [0.4, 0.5) is 5.69 Å². The SMILES string of the molecule is Cc1cc(C)nc(Oc2ccc(NC(=O)CCl)cc2)n1. The third-order valence-corrected chi connectivity index (χ3v) is 2.67. The summed E-state index contributed by atoms with van der Waals surface area (Å²) in [5, 5.41) is 2.64. The highest BCUT2D eigenvalue weighted by molar-refractivity contribution is 6.29. The molecule has 0 atom stereocenters. The highest BCUT2D eigenvalue weighted by atomic mass is 35.5. The molecule has 0 unspecified atom stereocenters. The van der Waals surface area contributed by atoms with Crippen LogP contribution in [0.3, 0.4) is 0 Å². The van der Waals surface area contributed by atoms with Crippen molar-refractivity contribution in [1.82, 2.24) is 9.97 Å². The van der Waals surface area contributed by atoms with E-state index in [0.29, 0.717) is 17.4 Å². The highest BCUT2D eigenvalue weighted by Gasteiger charge is 2.04. The Kier molecular flexibility index (Phi) is 4.53. The Bertz CT molecular complexity index is 594. The predicted octanol–water partition coefficient (Wildman–Crippen LogP) is 3.06. The van der Waals surface area contributed by atoms with Crippen LogP contribution >= 0.6 is 11.6 Å². The molecule has 1 aromatic heterocycles. The van der Waals surface area contributed by atoms with Gasteiger partial charge in [0.25, 0.3) is 0 Å². The van der Waals surface area contributed by atoms with E-state index >= 15 is 0 Å². The molecular formula is C14H14ClN3O2. The van der Waals surface area contributed by atoms with E-state index in [9.17, 15) is 4.79 Å². The van der Waals surface area contributed by atoms with Gasteiger partial charge in [0.05, 0.1) is 0 Å². The first-order chi connectivity index (χ1) is 9.56. The van der Waals surface area contributed by atoms with E-state index < -0.39 is 0 Å². The van der Waals surface area contributed by atoms with E-state index in [2.05, 4.69) is 15.3 Å². The van der Waals surface area contributed by atoms with E-state index in [-0.39, 0.29) is 11.8 Å². The highest BCUT2D eigenvalue weighted by Crippen LogP contribution is 2.20. The number of anilines is 1. The summed E-state index contributed by atoms with van der Waals surface area (Å²) in [4.78, 5) is 19.5. The lowest BCUT2D eigenvalue weighted by atomic mass is 10.3. The molecule has 104 valence electrons. The minimum Gasteiger partial charge on any atom is -0.424 e. The van der Waals surface area contributed by atoms with Gasteiger partial charge in [0.1, 0.15) is 11.6 Å². The van der Waals surface area contributed by atoms with Crippen LogP contribution in [0.1, 0.15) is 11.4 Å². The fourth-order valence-corrected chi connectivity index (χ4v) is 1.71. The first-order valence-corrected chi connectivity index (χ1v) is 6.56. The number of carbonyl (C=O) groups excluding carboxylic acids is 1. The van der Waals surface area contributed by atoms with Gasteiger partial charge >= 0.3 is 6.01 Å². The van der Waals surface area contributed by atoms with Crippen LogP contribution in [-0.4, -0.2) is 21.8 Å². The van der Waals surface area contributed by atoms with E-state index in [4.69, 9.17) is 16.3 Å². The van der Waals surface area contributed by atoms with Crippen LogP contribution < -0.4 is 10.1 Å². The molecule has 1 N–H and O–H groups in total. The topological polar surface area (TPSA) is 64.1 Å². The molecule has 0 radical (unpaired) electrons. The normalized spacial score (nSPS) is 10.2. The van der Waals surface area contributed by atoms with Gasteiger partial charge in [-0.1, -0.05) is 0 Å². The zero-order valence-electron chi connectivity index (χ0n) is 11.2. The molecule has 6 heteroatoms. The summed E-state index contributed by atoms with van der Waals surface area (Å²) in [6, 6.07) is 9.08. The van der Waals surface area contributed by atoms with Gasteiger partial charge in [-0.3, -0.25) is 4.79 Å². The summed E-state index contributed by atoms with van der Waals surface area (Å²) >= 11 is 5.42. The van der Waals surface area contributed by atoms with Crippen LogP contribution in [0, 0.1) is 13.8 Å². The molecule has 5 nitrogen and oxygen atoms in total. The lowest BCUT2D eigenvalue weighted by molar-refractivity contribution is -0.113. The number of aromatic nitrogens is 2. The van der Waals surface area contributed by atoms with Crippen molar-refractivity contribution in [3.8, 4) is 11.8 Å². The molecule has 0 saturated heterocycles. The van der Waals surface area contributed by atoms with E-state index in [1.54, 1.807) is 24.3 Å². The minimum absolute atomic E-state index is 0.0747. The van der Waals surface area contributed by atoms with Crippen molar-refractivity contribution in [2.24, 2.45) is 0 Å². The Morgan fingerprint density at radius 2 is 1.80 bits per heavy atom. The second-order valence-corrected chi connectivity index (χ2v) is 4.51. The van der Waals surface area contributed by atoms with E-state index in [1.807, 2.05) is 19.9 Å². The zero-order chi connectivity index (χ0) is 14.5. The number of nitrogens with one attached hydrogen (secondary N) is 1. The van der Waals surface area contributed by atoms with Crippen LogP contribution in [0.5, 0.6) is 11.8 Å². The van der Waals surface area contributed by atoms with Gasteiger partial charge < -0.3 is 10.1 Å². The van der Waals surface area contributed by atoms with Crippen LogP contribution in [-0.2, 0) is 4.79 Å². The lowest BCUT2D eigenvalue weighted by Gasteiger charge is -2.07. The fraction of sp³-hybridized carbons (Fsp3) is 0.214. The number of hydrogen-bond donors (Lipinski definition) is 1. The predicted molar refractivity (Wildman–Crippen MR) is 77.4 cm³/mol. The smallest absolute Gasteiger partial charge is 0.322 e. The van der Waals surface area contributed by atoms with Gasteiger partial charge in [0, 0.05) is 17.1 Å². The van der Waals surface area contributed by atoms with Crippen molar-refractivity contribution in [1.29, 1.82) is 0 Å². The first kappa shape index (κ1) is 14.3. The molecule has 0 fully saturated rings. The lowest BCUT2D eigenvalue weighted by Crippen LogP contribution is -2.12. The molecule has 0 aliphatic rings. The Morgan fingerprint density at radius 1 is 1.20 bits per heavy atom. The number of rotatable bonds is 4. The number of nitrogens with zero attached hydrogens (tertiary/aromatic N) is 2. The molecule has 1 amide bonds. The number of hydrogen-bond acceptors (Lipinski definition) is 4. The Labute approximate surface area is 122 Å². The van der Waals surface area contributed by atoms with E-state index in [0.717, 1.165) is 11.4 Å². The van der Waals surface area contributed by atoms with Crippen molar-refractivity contribution >= 4 is 23.2 Å². The number of alkyl halides is 1. The van der Waals surface area contributed by atoms with Crippen molar-refractivity contribution < 1.29 is 9.53 Å². The molecule has 0 bridgehead atoms. The monoisotopic (exact) mass is 291 g/mol. The second kappa shape index (κ2) is 6.34. The van der Waals surface area contributed by atoms with Crippen molar-refractivity contribution in [2.45, 2.75) is 13.8 Å². The Balaban J connectivity index is 2.08. The van der Waals surface area contributed by atoms with Crippen LogP contribution in [0.2, 0.25) is 0 Å². The minimum atomic E-state index is -0.252. The summed E-state index contributed by atoms with van der Waals surface area (Å²) in [7, 11) is 0. The molecule has 1 aromatic carbocycles. The van der Waals surface area contributed by atoms with Gasteiger partial charge in [-0.05, 0) is 44.2 Å². The van der Waals surface area contributed by atoms with Crippen LogP contribution in [0.25, 0.3) is 0 Å². The van der Waals surface area contributed by atoms with Gasteiger partial charge in [-0.25, -0.2) is 9.97 Å². The fourth-order valence-electron chi connectivity index (χ4n) is 1.65. The number of amides is 1. The van der Waals surface area contributed by atoms with Crippen molar-refractivity contribution in [3.05, 3.63) is 41.7 Å². The molecule has 0 saturated carbocycles. The summed E-state index contributed by atoms with van der Waals surface area (Å²) < 4.78 is 5.57. The van der Waals surface area contributed by atoms with Crippen molar-refractivity contribution in [3.63, 3.8) is 0 Å². The molecule has 2 aromatic rings. The average Bonchev–Trinajstić information content (AvgIpc) is 2.39.